The van der Waals surface area contributed by atoms with Crippen LogP contribution < -0.4 is 5.32 Å². The molecule has 0 saturated heterocycles. The topological polar surface area (TPSA) is 63.6 Å². The molecule has 0 aliphatic carbocycles. The second kappa shape index (κ2) is 8.83. The van der Waals surface area contributed by atoms with Crippen molar-refractivity contribution in [3.05, 3.63) is 57.3 Å². The lowest BCUT2D eigenvalue weighted by Crippen LogP contribution is -2.15. The van der Waals surface area contributed by atoms with Gasteiger partial charge >= 0.3 is 0 Å². The molecule has 7 heteroatoms. The van der Waals surface area contributed by atoms with E-state index in [4.69, 9.17) is 28.0 Å². The van der Waals surface area contributed by atoms with E-state index in [1.807, 2.05) is 26.0 Å². The van der Waals surface area contributed by atoms with Gasteiger partial charge in [0.25, 0.3) is 0 Å². The third-order valence-corrected chi connectivity index (χ3v) is 4.28. The number of hydrogen-bond acceptors (Lipinski definition) is 4. The molecule has 25 heavy (non-hydrogen) atoms. The van der Waals surface area contributed by atoms with Crippen LogP contribution in [0.3, 0.4) is 0 Å². The van der Waals surface area contributed by atoms with Crippen molar-refractivity contribution >= 4 is 40.5 Å². The van der Waals surface area contributed by atoms with Crippen LogP contribution in [0.1, 0.15) is 29.8 Å². The van der Waals surface area contributed by atoms with Gasteiger partial charge in [-0.3, -0.25) is 9.78 Å². The smallest absolute Gasteiger partial charge is 0.224 e. The van der Waals surface area contributed by atoms with Crippen LogP contribution in [0.5, 0.6) is 0 Å². The molecule has 0 atom stereocenters. The number of aryl methyl sites for hydroxylation is 2. The normalized spacial score (nSPS) is 11.3. The molecule has 132 valence electrons. The number of benzene rings is 1. The summed E-state index contributed by atoms with van der Waals surface area (Å²) in [6, 6.07) is 8.88. The number of amides is 1. The van der Waals surface area contributed by atoms with Crippen molar-refractivity contribution in [3.63, 3.8) is 0 Å². The molecule has 0 aliphatic heterocycles. The second-order valence-electron chi connectivity index (χ2n) is 5.48. The summed E-state index contributed by atoms with van der Waals surface area (Å²) < 4.78 is 0. The van der Waals surface area contributed by atoms with E-state index in [-0.39, 0.29) is 12.3 Å². The van der Waals surface area contributed by atoms with Crippen LogP contribution in [0, 0.1) is 13.8 Å². The van der Waals surface area contributed by atoms with Crippen molar-refractivity contribution in [2.75, 3.05) is 12.4 Å². The molecular formula is C18H19Cl2N3O2. The van der Waals surface area contributed by atoms with E-state index in [2.05, 4.69) is 15.5 Å². The van der Waals surface area contributed by atoms with E-state index in [9.17, 15) is 4.79 Å². The molecule has 2 rings (SSSR count). The molecule has 1 aromatic heterocycles. The summed E-state index contributed by atoms with van der Waals surface area (Å²) >= 11 is 12.0. The molecule has 2 aromatic rings. The lowest BCUT2D eigenvalue weighted by atomic mass is 10.1. The molecule has 0 saturated carbocycles. The van der Waals surface area contributed by atoms with E-state index in [1.165, 1.54) is 7.11 Å². The third kappa shape index (κ3) is 5.44. The average Bonchev–Trinajstić information content (AvgIpc) is 2.56. The molecular weight excluding hydrogens is 361 g/mol. The first-order valence-electron chi connectivity index (χ1n) is 7.70. The summed E-state index contributed by atoms with van der Waals surface area (Å²) in [6.07, 6.45) is 0.645. The fourth-order valence-electron chi connectivity index (χ4n) is 2.29. The van der Waals surface area contributed by atoms with E-state index in [0.29, 0.717) is 27.9 Å². The minimum absolute atomic E-state index is 0.127. The summed E-state index contributed by atoms with van der Waals surface area (Å²) in [5, 5.41) is 7.74. The SMILES string of the molecule is CON=C(CCC(=O)Nc1ccc(C)nc1C)c1ccc(Cl)c(Cl)c1. The highest BCUT2D eigenvalue weighted by Gasteiger charge is 2.12. The predicted molar refractivity (Wildman–Crippen MR) is 102 cm³/mol. The maximum atomic E-state index is 12.2. The van der Waals surface area contributed by atoms with Crippen molar-refractivity contribution in [3.8, 4) is 0 Å². The number of nitrogens with one attached hydrogen (secondary N) is 1. The molecule has 1 heterocycles. The van der Waals surface area contributed by atoms with Gasteiger partial charge in [-0.15, -0.1) is 0 Å². The highest BCUT2D eigenvalue weighted by atomic mass is 35.5. The van der Waals surface area contributed by atoms with Crippen molar-refractivity contribution < 1.29 is 9.63 Å². The Balaban J connectivity index is 2.04. The fraction of sp³-hybridized carbons (Fsp3) is 0.278. The minimum atomic E-state index is -0.127. The summed E-state index contributed by atoms with van der Waals surface area (Å²) in [5.41, 5.74) is 3.77. The van der Waals surface area contributed by atoms with Gasteiger partial charge in [-0.05, 0) is 38.1 Å². The van der Waals surface area contributed by atoms with Gasteiger partial charge in [-0.25, -0.2) is 0 Å². The van der Waals surface area contributed by atoms with Gasteiger partial charge in [-0.1, -0.05) is 34.4 Å². The van der Waals surface area contributed by atoms with Crippen LogP contribution in [-0.4, -0.2) is 23.7 Å². The Morgan fingerprint density at radius 3 is 2.56 bits per heavy atom. The van der Waals surface area contributed by atoms with Crippen molar-refractivity contribution in [2.45, 2.75) is 26.7 Å². The van der Waals surface area contributed by atoms with Crippen LogP contribution >= 0.6 is 23.2 Å². The zero-order valence-electron chi connectivity index (χ0n) is 14.3. The highest BCUT2D eigenvalue weighted by Crippen LogP contribution is 2.24. The molecule has 1 N–H and O–H groups in total. The van der Waals surface area contributed by atoms with Gasteiger partial charge in [0.05, 0.1) is 27.1 Å². The number of nitrogens with zero attached hydrogens (tertiary/aromatic N) is 2. The van der Waals surface area contributed by atoms with Crippen molar-refractivity contribution in [1.29, 1.82) is 0 Å². The van der Waals surface area contributed by atoms with E-state index >= 15 is 0 Å². The molecule has 0 spiro atoms. The zero-order valence-corrected chi connectivity index (χ0v) is 15.8. The number of halogens is 2. The summed E-state index contributed by atoms with van der Waals surface area (Å²) in [7, 11) is 1.46. The molecule has 0 radical (unpaired) electrons. The molecule has 1 amide bonds. The Morgan fingerprint density at radius 2 is 1.92 bits per heavy atom. The number of carbonyl (C=O) groups excluding carboxylic acids is 1. The largest absolute Gasteiger partial charge is 0.399 e. The molecule has 1 aromatic carbocycles. The third-order valence-electron chi connectivity index (χ3n) is 3.54. The van der Waals surface area contributed by atoms with Crippen LogP contribution in [0.4, 0.5) is 5.69 Å². The van der Waals surface area contributed by atoms with Crippen LogP contribution in [0.15, 0.2) is 35.5 Å². The number of hydrogen-bond donors (Lipinski definition) is 1. The monoisotopic (exact) mass is 379 g/mol. The maximum absolute atomic E-state index is 12.2. The Hall–Kier alpha value is -2.11. The predicted octanol–water partition coefficient (Wildman–Crippen LogP) is 4.77. The summed E-state index contributed by atoms with van der Waals surface area (Å²) in [4.78, 5) is 21.4. The Morgan fingerprint density at radius 1 is 1.16 bits per heavy atom. The van der Waals surface area contributed by atoms with Gasteiger partial charge < -0.3 is 10.2 Å². The number of rotatable bonds is 6. The van der Waals surface area contributed by atoms with Crippen molar-refractivity contribution in [2.24, 2.45) is 5.16 Å². The fourth-order valence-corrected chi connectivity index (χ4v) is 2.59. The Bertz CT molecular complexity index is 807. The first kappa shape index (κ1) is 19.2. The number of aromatic nitrogens is 1. The molecule has 0 fully saturated rings. The molecule has 0 unspecified atom stereocenters. The average molecular weight is 380 g/mol. The quantitative estimate of drug-likeness (QED) is 0.580. The van der Waals surface area contributed by atoms with Gasteiger partial charge in [0.1, 0.15) is 7.11 Å². The number of pyridine rings is 1. The van der Waals surface area contributed by atoms with Crippen molar-refractivity contribution in [1.82, 2.24) is 4.98 Å². The van der Waals surface area contributed by atoms with E-state index in [0.717, 1.165) is 17.0 Å². The molecule has 0 bridgehead atoms. The standard InChI is InChI=1S/C18H19Cl2N3O2/c1-11-4-7-16(12(2)21-11)22-18(24)9-8-17(23-25-3)13-5-6-14(19)15(20)10-13/h4-7,10H,8-9H2,1-3H3,(H,22,24). The van der Waals surface area contributed by atoms with E-state index < -0.39 is 0 Å². The first-order valence-corrected chi connectivity index (χ1v) is 8.46. The number of anilines is 1. The number of oxime groups is 1. The van der Waals surface area contributed by atoms with Gasteiger partial charge in [0.15, 0.2) is 0 Å². The highest BCUT2D eigenvalue weighted by molar-refractivity contribution is 6.42. The van der Waals surface area contributed by atoms with Gasteiger partial charge in [-0.2, -0.15) is 0 Å². The summed E-state index contributed by atoms with van der Waals surface area (Å²) in [5.74, 6) is -0.127. The maximum Gasteiger partial charge on any atom is 0.224 e. The van der Waals surface area contributed by atoms with Crippen LogP contribution in [-0.2, 0) is 9.63 Å². The minimum Gasteiger partial charge on any atom is -0.399 e. The first-order chi connectivity index (χ1) is 11.9. The Kier molecular flexibility index (Phi) is 6.79. The zero-order chi connectivity index (χ0) is 18.4. The van der Waals surface area contributed by atoms with Crippen LogP contribution in [0.25, 0.3) is 0 Å². The molecule has 5 nitrogen and oxygen atoms in total. The lowest BCUT2D eigenvalue weighted by molar-refractivity contribution is -0.116. The number of carbonyl (C=O) groups is 1. The van der Waals surface area contributed by atoms with Gasteiger partial charge in [0.2, 0.25) is 5.91 Å². The Labute approximate surface area is 157 Å². The second-order valence-corrected chi connectivity index (χ2v) is 6.30. The van der Waals surface area contributed by atoms with Gasteiger partial charge in [0, 0.05) is 24.1 Å². The molecule has 0 aliphatic rings. The lowest BCUT2D eigenvalue weighted by Gasteiger charge is -2.10. The van der Waals surface area contributed by atoms with Crippen LogP contribution in [0.2, 0.25) is 10.0 Å². The van der Waals surface area contributed by atoms with E-state index in [1.54, 1.807) is 18.2 Å². The summed E-state index contributed by atoms with van der Waals surface area (Å²) in [6.45, 7) is 3.76.